The number of halogens is 1. The van der Waals surface area contributed by atoms with Crippen LogP contribution in [0, 0.1) is 5.82 Å². The minimum atomic E-state index is -0.749. The van der Waals surface area contributed by atoms with E-state index in [9.17, 15) is 14.0 Å². The van der Waals surface area contributed by atoms with Gasteiger partial charge < -0.3 is 9.15 Å². The van der Waals surface area contributed by atoms with Crippen LogP contribution < -0.4 is 5.76 Å². The molecule has 0 aliphatic rings. The van der Waals surface area contributed by atoms with E-state index in [4.69, 9.17) is 4.42 Å². The first kappa shape index (κ1) is 20.3. The van der Waals surface area contributed by atoms with Crippen LogP contribution in [-0.2, 0) is 14.9 Å². The number of methoxy groups -OCH3 is 1. The van der Waals surface area contributed by atoms with E-state index in [0.717, 1.165) is 4.68 Å². The molecule has 0 aliphatic heterocycles. The van der Waals surface area contributed by atoms with E-state index in [-0.39, 0.29) is 11.6 Å². The summed E-state index contributed by atoms with van der Waals surface area (Å²) in [4.78, 5) is 27.6. The van der Waals surface area contributed by atoms with Gasteiger partial charge in [-0.1, -0.05) is 38.6 Å². The highest BCUT2D eigenvalue weighted by Crippen LogP contribution is 2.32. The van der Waals surface area contributed by atoms with Crippen LogP contribution in [0.5, 0.6) is 0 Å². The molecule has 0 bridgehead atoms. The lowest BCUT2D eigenvalue weighted by atomic mass is 9.97. The molecule has 28 heavy (non-hydrogen) atoms. The van der Waals surface area contributed by atoms with Crippen molar-refractivity contribution in [2.75, 3.05) is 12.9 Å². The van der Waals surface area contributed by atoms with Crippen molar-refractivity contribution in [2.24, 2.45) is 0 Å². The highest BCUT2D eigenvalue weighted by atomic mass is 32.2. The van der Waals surface area contributed by atoms with E-state index in [0.29, 0.717) is 20.3 Å². The summed E-state index contributed by atoms with van der Waals surface area (Å²) in [5.74, 6) is -1.02. The third kappa shape index (κ3) is 4.33. The number of carbonyl (C=O) groups excluding carboxylic acids is 1. The summed E-state index contributed by atoms with van der Waals surface area (Å²) in [7, 11) is 1.31. The maximum atomic E-state index is 14.6. The van der Waals surface area contributed by atoms with Gasteiger partial charge >= 0.3 is 11.7 Å². The summed E-state index contributed by atoms with van der Waals surface area (Å²) < 4.78 is 26.6. The average Bonchev–Trinajstić information content (AvgIpc) is 3.20. The monoisotopic (exact) mass is 423 g/mol. The Morgan fingerprint density at radius 2 is 2.18 bits per heavy atom. The fourth-order valence-corrected chi connectivity index (χ4v) is 4.12. The number of hydrogen-bond acceptors (Lipinski definition) is 8. The second-order valence-corrected chi connectivity index (χ2v) is 9.12. The lowest BCUT2D eigenvalue weighted by Gasteiger charge is -2.10. The van der Waals surface area contributed by atoms with Gasteiger partial charge in [-0.2, -0.15) is 4.68 Å². The number of benzene rings is 1. The fraction of sp³-hybridized carbons (Fsp3) is 0.333. The van der Waals surface area contributed by atoms with Crippen molar-refractivity contribution in [3.63, 3.8) is 0 Å². The van der Waals surface area contributed by atoms with Gasteiger partial charge in [0.15, 0.2) is 10.2 Å². The summed E-state index contributed by atoms with van der Waals surface area (Å²) in [5, 5.41) is 4.13. The van der Waals surface area contributed by atoms with Crippen molar-refractivity contribution >= 4 is 39.3 Å². The summed E-state index contributed by atoms with van der Waals surface area (Å²) in [6, 6.07) is 2.81. The number of aromatic nitrogens is 3. The molecular formula is C18H18FN3O4S2. The van der Waals surface area contributed by atoms with E-state index >= 15 is 0 Å². The van der Waals surface area contributed by atoms with Gasteiger partial charge in [0.2, 0.25) is 5.89 Å². The zero-order valence-corrected chi connectivity index (χ0v) is 17.3. The minimum absolute atomic E-state index is 0.0100. The normalized spacial score (nSPS) is 12.2. The van der Waals surface area contributed by atoms with Gasteiger partial charge in [0.25, 0.3) is 0 Å². The smallest absolute Gasteiger partial charge is 0.442 e. The number of esters is 1. The Kier molecular flexibility index (Phi) is 5.71. The van der Waals surface area contributed by atoms with Gasteiger partial charge in [0.05, 0.1) is 17.3 Å². The summed E-state index contributed by atoms with van der Waals surface area (Å²) in [5.41, 5.74) is 0.0601. The fourth-order valence-electron chi connectivity index (χ4n) is 2.21. The Balaban J connectivity index is 1.89. The number of ether oxygens (including phenoxy) is 1. The van der Waals surface area contributed by atoms with Crippen LogP contribution in [0.15, 0.2) is 37.8 Å². The third-order valence-corrected chi connectivity index (χ3v) is 5.73. The molecule has 0 N–H and O–H groups in total. The molecule has 3 aromatic rings. The summed E-state index contributed by atoms with van der Waals surface area (Å²) in [6.07, 6.45) is 3.00. The topological polar surface area (TPSA) is 87.2 Å². The van der Waals surface area contributed by atoms with Crippen molar-refractivity contribution in [1.29, 1.82) is 0 Å². The van der Waals surface area contributed by atoms with Crippen LogP contribution >= 0.6 is 23.1 Å². The maximum absolute atomic E-state index is 14.6. The number of nitrogens with zero attached hydrogens (tertiary/aromatic N) is 3. The first-order chi connectivity index (χ1) is 13.2. The first-order valence-corrected chi connectivity index (χ1v) is 10.1. The molecule has 0 amide bonds. The number of thioether (sulfide) groups is 1. The van der Waals surface area contributed by atoms with E-state index < -0.39 is 23.0 Å². The highest BCUT2D eigenvalue weighted by molar-refractivity contribution is 8.01. The van der Waals surface area contributed by atoms with Gasteiger partial charge in [-0.3, -0.25) is 0 Å². The highest BCUT2D eigenvalue weighted by Gasteiger charge is 2.24. The molecule has 10 heteroatoms. The number of carbonyl (C=O) groups is 1. The van der Waals surface area contributed by atoms with E-state index in [1.54, 1.807) is 6.08 Å². The maximum Gasteiger partial charge on any atom is 0.442 e. The first-order valence-electron chi connectivity index (χ1n) is 8.27. The molecule has 0 aliphatic carbocycles. The van der Waals surface area contributed by atoms with Crippen LogP contribution in [0.3, 0.4) is 0 Å². The molecule has 0 unspecified atom stereocenters. The molecule has 0 saturated carbocycles. The Labute approximate surface area is 168 Å². The Hall–Kier alpha value is -2.46. The zero-order valence-electron chi connectivity index (χ0n) is 15.7. The second kappa shape index (κ2) is 7.88. The average molecular weight is 423 g/mol. The Morgan fingerprint density at radius 1 is 1.43 bits per heavy atom. The molecule has 0 radical (unpaired) electrons. The van der Waals surface area contributed by atoms with Gasteiger partial charge in [-0.05, 0) is 12.1 Å². The lowest BCUT2D eigenvalue weighted by Crippen LogP contribution is -2.15. The molecule has 3 rings (SSSR count). The van der Waals surface area contributed by atoms with Crippen molar-refractivity contribution < 1.29 is 18.3 Å². The van der Waals surface area contributed by atoms with Crippen molar-refractivity contribution in [2.45, 2.75) is 30.5 Å². The minimum Gasteiger partial charge on any atom is -0.466 e. The Morgan fingerprint density at radius 3 is 2.82 bits per heavy atom. The molecular weight excluding hydrogens is 405 g/mol. The molecule has 0 spiro atoms. The summed E-state index contributed by atoms with van der Waals surface area (Å²) in [6.45, 7) is 5.54. The van der Waals surface area contributed by atoms with Gasteiger partial charge in [-0.25, -0.2) is 19.0 Å². The van der Waals surface area contributed by atoms with Gasteiger partial charge in [-0.15, -0.1) is 16.4 Å². The molecule has 1 aromatic carbocycles. The van der Waals surface area contributed by atoms with Crippen LogP contribution in [0.1, 0.15) is 26.7 Å². The predicted octanol–water partition coefficient (Wildman–Crippen LogP) is 3.69. The zero-order chi connectivity index (χ0) is 20.5. The number of thiazole rings is 1. The molecule has 0 atom stereocenters. The standard InChI is InChI=1S/C18H18FN3O4S2/c1-18(2,3)15-21-22(17(24)26-15)12-9-11-13(8-10(12)19)28-16(20-11)27-7-5-6-14(23)25-4/h5-6,8-9H,7H2,1-4H3/b6-5+. The van der Waals surface area contributed by atoms with Crippen LogP contribution in [0.25, 0.3) is 15.9 Å². The molecule has 148 valence electrons. The predicted molar refractivity (Wildman–Crippen MR) is 106 cm³/mol. The van der Waals surface area contributed by atoms with E-state index in [2.05, 4.69) is 14.8 Å². The quantitative estimate of drug-likeness (QED) is 0.351. The van der Waals surface area contributed by atoms with Crippen LogP contribution in [0.2, 0.25) is 0 Å². The Bertz CT molecular complexity index is 1110. The summed E-state index contributed by atoms with van der Waals surface area (Å²) >= 11 is 2.73. The van der Waals surface area contributed by atoms with Crippen molar-refractivity contribution in [3.05, 3.63) is 46.5 Å². The number of fused-ring (bicyclic) bond motifs is 1. The van der Waals surface area contributed by atoms with Gasteiger partial charge in [0, 0.05) is 17.2 Å². The van der Waals surface area contributed by atoms with Crippen molar-refractivity contribution in [1.82, 2.24) is 14.8 Å². The lowest BCUT2D eigenvalue weighted by molar-refractivity contribution is -0.134. The molecule has 0 saturated heterocycles. The van der Waals surface area contributed by atoms with Crippen LogP contribution in [-0.4, -0.2) is 33.6 Å². The number of hydrogen-bond donors (Lipinski definition) is 0. The van der Waals surface area contributed by atoms with Crippen molar-refractivity contribution in [3.8, 4) is 5.69 Å². The molecule has 0 fully saturated rings. The van der Waals surface area contributed by atoms with Crippen LogP contribution in [0.4, 0.5) is 4.39 Å². The number of rotatable bonds is 5. The molecule has 2 heterocycles. The molecule has 2 aromatic heterocycles. The largest absolute Gasteiger partial charge is 0.466 e. The molecule has 7 nitrogen and oxygen atoms in total. The van der Waals surface area contributed by atoms with E-state index in [1.807, 2.05) is 20.8 Å². The third-order valence-electron chi connectivity index (χ3n) is 3.61. The SMILES string of the molecule is COC(=O)/C=C/CSc1nc2cc(-n3nc(C(C)(C)C)oc3=O)c(F)cc2s1. The van der Waals surface area contributed by atoms with E-state index in [1.165, 1.54) is 48.4 Å². The second-order valence-electron chi connectivity index (χ2n) is 6.82. The van der Waals surface area contributed by atoms with Gasteiger partial charge in [0.1, 0.15) is 5.69 Å².